The molecular weight excluding hydrogens is 200 g/mol. The molecule has 0 saturated carbocycles. The normalized spacial score (nSPS) is 8.86. The summed E-state index contributed by atoms with van der Waals surface area (Å²) in [6.45, 7) is 5.67. The first kappa shape index (κ1) is 13.3. The zero-order chi connectivity index (χ0) is 10.8. The minimum absolute atomic E-state index is 0.732. The number of benzene rings is 1. The third-order valence-electron chi connectivity index (χ3n) is 1.46. The molecule has 0 heterocycles. The van der Waals surface area contributed by atoms with Crippen molar-refractivity contribution in [2.24, 2.45) is 0 Å². The lowest BCUT2D eigenvalue weighted by Gasteiger charge is -1.96. The van der Waals surface area contributed by atoms with Gasteiger partial charge in [-0.3, -0.25) is 0 Å². The molecule has 14 heavy (non-hydrogen) atoms. The number of rotatable bonds is 3. The zero-order valence-electron chi connectivity index (χ0n) is 8.92. The summed E-state index contributed by atoms with van der Waals surface area (Å²) in [5.41, 5.74) is 0. The summed E-state index contributed by atoms with van der Waals surface area (Å²) in [5.74, 6) is 0.833. The monoisotopic (exact) mass is 216 g/mol. The van der Waals surface area contributed by atoms with E-state index in [2.05, 4.69) is 0 Å². The van der Waals surface area contributed by atoms with Crippen LogP contribution in [0.5, 0.6) is 5.75 Å². The lowest BCUT2D eigenvalue weighted by Crippen LogP contribution is -1.84. The predicted octanol–water partition coefficient (Wildman–Crippen LogP) is 3.39. The lowest BCUT2D eigenvalue weighted by molar-refractivity contribution is 0.162. The average molecular weight is 217 g/mol. The van der Waals surface area contributed by atoms with E-state index in [4.69, 9.17) is 21.1 Å². The molecule has 0 aliphatic carbocycles. The molecule has 0 aliphatic heterocycles. The summed E-state index contributed by atoms with van der Waals surface area (Å²) in [6.07, 6.45) is 0. The summed E-state index contributed by atoms with van der Waals surface area (Å²) in [4.78, 5) is 0. The predicted molar refractivity (Wildman–Crippen MR) is 60.2 cm³/mol. The summed E-state index contributed by atoms with van der Waals surface area (Å²) >= 11 is 5.61. The highest BCUT2D eigenvalue weighted by molar-refractivity contribution is 6.30. The zero-order valence-corrected chi connectivity index (χ0v) is 9.67. The fourth-order valence-electron chi connectivity index (χ4n) is 0.775. The summed E-state index contributed by atoms with van der Waals surface area (Å²) in [6, 6.07) is 7.23. The summed E-state index contributed by atoms with van der Waals surface area (Å²) in [5, 5.41) is 0.732. The molecule has 80 valence electrons. The lowest BCUT2D eigenvalue weighted by atomic mass is 10.3. The summed E-state index contributed by atoms with van der Waals surface area (Å²) in [7, 11) is 1.63. The molecule has 0 N–H and O–H groups in total. The van der Waals surface area contributed by atoms with Crippen molar-refractivity contribution in [2.45, 2.75) is 13.8 Å². The van der Waals surface area contributed by atoms with Crippen molar-refractivity contribution < 1.29 is 9.47 Å². The molecular formula is C11H17ClO2. The van der Waals surface area contributed by atoms with Gasteiger partial charge in [-0.25, -0.2) is 0 Å². The minimum atomic E-state index is 0.732. The molecule has 0 aromatic heterocycles. The van der Waals surface area contributed by atoms with E-state index in [9.17, 15) is 0 Å². The second kappa shape index (κ2) is 8.85. The molecule has 0 saturated heterocycles. The number of methoxy groups -OCH3 is 1. The molecule has 0 spiro atoms. The van der Waals surface area contributed by atoms with Gasteiger partial charge in [0.15, 0.2) is 0 Å². The van der Waals surface area contributed by atoms with E-state index < -0.39 is 0 Å². The van der Waals surface area contributed by atoms with Gasteiger partial charge in [-0.2, -0.15) is 0 Å². The molecule has 0 radical (unpaired) electrons. The maximum atomic E-state index is 5.61. The highest BCUT2D eigenvalue weighted by atomic mass is 35.5. The first-order valence-electron chi connectivity index (χ1n) is 4.61. The molecule has 1 aromatic carbocycles. The van der Waals surface area contributed by atoms with Crippen LogP contribution >= 0.6 is 11.6 Å². The van der Waals surface area contributed by atoms with Gasteiger partial charge in [-0.15, -0.1) is 0 Å². The van der Waals surface area contributed by atoms with Crippen LogP contribution in [0.4, 0.5) is 0 Å². The highest BCUT2D eigenvalue weighted by Crippen LogP contribution is 2.14. The molecule has 1 aromatic rings. The van der Waals surface area contributed by atoms with Crippen molar-refractivity contribution in [2.75, 3.05) is 20.3 Å². The van der Waals surface area contributed by atoms with Crippen LogP contribution in [0.1, 0.15) is 13.8 Å². The number of ether oxygens (including phenoxy) is 2. The van der Waals surface area contributed by atoms with Gasteiger partial charge in [0.25, 0.3) is 0 Å². The van der Waals surface area contributed by atoms with Crippen LogP contribution in [0.3, 0.4) is 0 Å². The van der Waals surface area contributed by atoms with Crippen molar-refractivity contribution >= 4 is 11.6 Å². The highest BCUT2D eigenvalue weighted by Gasteiger charge is 1.87. The molecule has 0 aliphatic rings. The molecule has 2 nitrogen and oxygen atoms in total. The Balaban J connectivity index is 0.000000292. The van der Waals surface area contributed by atoms with Gasteiger partial charge in [0.05, 0.1) is 7.11 Å². The van der Waals surface area contributed by atoms with E-state index in [1.54, 1.807) is 19.2 Å². The van der Waals surface area contributed by atoms with E-state index >= 15 is 0 Å². The van der Waals surface area contributed by atoms with E-state index in [1.807, 2.05) is 26.0 Å². The van der Waals surface area contributed by atoms with Gasteiger partial charge >= 0.3 is 0 Å². The van der Waals surface area contributed by atoms with Crippen molar-refractivity contribution in [3.05, 3.63) is 29.3 Å². The van der Waals surface area contributed by atoms with E-state index in [0.29, 0.717) is 0 Å². The van der Waals surface area contributed by atoms with Crippen molar-refractivity contribution in [1.29, 1.82) is 0 Å². The summed E-state index contributed by atoms with van der Waals surface area (Å²) < 4.78 is 9.74. The van der Waals surface area contributed by atoms with Crippen LogP contribution in [0, 0.1) is 0 Å². The van der Waals surface area contributed by atoms with Crippen LogP contribution in [0.25, 0.3) is 0 Å². The first-order chi connectivity index (χ1) is 6.74. The minimum Gasteiger partial charge on any atom is -0.497 e. The Morgan fingerprint density at radius 3 is 1.86 bits per heavy atom. The average Bonchev–Trinajstić information content (AvgIpc) is 2.21. The number of halogens is 1. The van der Waals surface area contributed by atoms with Crippen LogP contribution in [0.15, 0.2) is 24.3 Å². The molecule has 0 atom stereocenters. The molecule has 3 heteroatoms. The third-order valence-corrected chi connectivity index (χ3v) is 1.71. The van der Waals surface area contributed by atoms with Crippen LogP contribution in [-0.2, 0) is 4.74 Å². The Morgan fingerprint density at radius 2 is 1.57 bits per heavy atom. The number of hydrogen-bond donors (Lipinski definition) is 0. The first-order valence-corrected chi connectivity index (χ1v) is 4.99. The maximum Gasteiger partial charge on any atom is 0.118 e. The Morgan fingerprint density at radius 1 is 1.07 bits per heavy atom. The SMILES string of the molecule is CCOCC.COc1ccc(Cl)cc1. The quantitative estimate of drug-likeness (QED) is 0.771. The van der Waals surface area contributed by atoms with Gasteiger partial charge in [0.1, 0.15) is 5.75 Å². The van der Waals surface area contributed by atoms with Gasteiger partial charge in [0, 0.05) is 18.2 Å². The van der Waals surface area contributed by atoms with Gasteiger partial charge in [0.2, 0.25) is 0 Å². The van der Waals surface area contributed by atoms with Crippen LogP contribution < -0.4 is 4.74 Å². The van der Waals surface area contributed by atoms with E-state index in [-0.39, 0.29) is 0 Å². The van der Waals surface area contributed by atoms with Gasteiger partial charge in [-0.1, -0.05) is 11.6 Å². The third kappa shape index (κ3) is 6.75. The molecule has 0 amide bonds. The maximum absolute atomic E-state index is 5.61. The Bertz CT molecular complexity index is 219. The van der Waals surface area contributed by atoms with E-state index in [0.717, 1.165) is 24.0 Å². The molecule has 0 unspecified atom stereocenters. The van der Waals surface area contributed by atoms with Crippen LogP contribution in [0.2, 0.25) is 5.02 Å². The molecule has 0 bridgehead atoms. The second-order valence-electron chi connectivity index (χ2n) is 2.44. The van der Waals surface area contributed by atoms with E-state index in [1.165, 1.54) is 0 Å². The smallest absolute Gasteiger partial charge is 0.118 e. The topological polar surface area (TPSA) is 18.5 Å². The Kier molecular flexibility index (Phi) is 8.39. The Hall–Kier alpha value is -0.730. The van der Waals surface area contributed by atoms with Gasteiger partial charge in [-0.05, 0) is 38.1 Å². The number of hydrogen-bond acceptors (Lipinski definition) is 2. The fraction of sp³-hybridized carbons (Fsp3) is 0.455. The Labute approximate surface area is 90.8 Å². The van der Waals surface area contributed by atoms with Crippen molar-refractivity contribution in [3.63, 3.8) is 0 Å². The largest absolute Gasteiger partial charge is 0.497 e. The van der Waals surface area contributed by atoms with Gasteiger partial charge < -0.3 is 9.47 Å². The standard InChI is InChI=1S/C7H7ClO.C4H10O/c1-9-7-4-2-6(8)3-5-7;1-3-5-4-2/h2-5H,1H3;3-4H2,1-2H3. The van der Waals surface area contributed by atoms with Crippen LogP contribution in [-0.4, -0.2) is 20.3 Å². The van der Waals surface area contributed by atoms with Crippen molar-refractivity contribution in [1.82, 2.24) is 0 Å². The second-order valence-corrected chi connectivity index (χ2v) is 2.88. The fourth-order valence-corrected chi connectivity index (χ4v) is 0.901. The van der Waals surface area contributed by atoms with Crippen molar-refractivity contribution in [3.8, 4) is 5.75 Å². The molecule has 1 rings (SSSR count). The molecule has 0 fully saturated rings.